The number of halogens is 2. The van der Waals surface area contributed by atoms with Gasteiger partial charge in [-0.2, -0.15) is 4.39 Å². The van der Waals surface area contributed by atoms with E-state index in [2.05, 4.69) is 15.9 Å². The number of hydrogen-bond donors (Lipinski definition) is 0. The fraction of sp³-hybridized carbons (Fsp3) is 0.429. The van der Waals surface area contributed by atoms with Crippen LogP contribution in [0.1, 0.15) is 11.2 Å². The molecule has 0 spiro atoms. The molecule has 2 rings (SSSR count). The molecule has 0 atom stereocenters. The van der Waals surface area contributed by atoms with E-state index >= 15 is 0 Å². The van der Waals surface area contributed by atoms with Crippen molar-refractivity contribution >= 4 is 27.3 Å². The Balaban J connectivity index is 2.25. The van der Waals surface area contributed by atoms with Crippen molar-refractivity contribution in [3.05, 3.63) is 20.5 Å². The summed E-state index contributed by atoms with van der Waals surface area (Å²) in [5.74, 6) is 0. The molecule has 0 aliphatic carbocycles. The average molecular weight is 253 g/mol. The van der Waals surface area contributed by atoms with Gasteiger partial charge < -0.3 is 9.47 Å². The van der Waals surface area contributed by atoms with Crippen LogP contribution in [0.25, 0.3) is 0 Å². The summed E-state index contributed by atoms with van der Waals surface area (Å²) in [5, 5.41) is -0.226. The molecule has 1 aliphatic heterocycles. The van der Waals surface area contributed by atoms with E-state index in [0.717, 1.165) is 20.7 Å². The van der Waals surface area contributed by atoms with E-state index < -0.39 is 0 Å². The van der Waals surface area contributed by atoms with Crippen LogP contribution in [0.5, 0.6) is 0 Å². The van der Waals surface area contributed by atoms with Gasteiger partial charge >= 0.3 is 0 Å². The Morgan fingerprint density at radius 3 is 2.67 bits per heavy atom. The largest absolute Gasteiger partial charge is 0.345 e. The molecule has 0 radical (unpaired) electrons. The number of hydrogen-bond acceptors (Lipinski definition) is 3. The Morgan fingerprint density at radius 1 is 1.50 bits per heavy atom. The van der Waals surface area contributed by atoms with Crippen molar-refractivity contribution in [3.63, 3.8) is 0 Å². The molecule has 0 bridgehead atoms. The molecule has 0 unspecified atom stereocenters. The van der Waals surface area contributed by atoms with Crippen LogP contribution in [0, 0.1) is 5.13 Å². The average Bonchev–Trinajstić information content (AvgIpc) is 2.58. The third-order valence-electron chi connectivity index (χ3n) is 1.52. The SMILES string of the molecule is Fc1cc(Br)c(C2OCCO2)s1. The van der Waals surface area contributed by atoms with Crippen molar-refractivity contribution in [2.45, 2.75) is 6.29 Å². The number of thiophene rings is 1. The summed E-state index contributed by atoms with van der Waals surface area (Å²) in [6.45, 7) is 1.16. The van der Waals surface area contributed by atoms with Crippen LogP contribution in [-0.4, -0.2) is 13.2 Å². The van der Waals surface area contributed by atoms with Crippen LogP contribution in [0.15, 0.2) is 10.5 Å². The minimum Gasteiger partial charge on any atom is -0.345 e. The minimum atomic E-state index is -0.381. The molecule has 5 heteroatoms. The highest BCUT2D eigenvalue weighted by atomic mass is 79.9. The highest BCUT2D eigenvalue weighted by molar-refractivity contribution is 9.10. The summed E-state index contributed by atoms with van der Waals surface area (Å²) in [6.07, 6.45) is -0.381. The van der Waals surface area contributed by atoms with E-state index in [1.807, 2.05) is 0 Å². The van der Waals surface area contributed by atoms with E-state index in [4.69, 9.17) is 9.47 Å². The van der Waals surface area contributed by atoms with Crippen LogP contribution in [0.3, 0.4) is 0 Å². The van der Waals surface area contributed by atoms with E-state index in [1.165, 1.54) is 6.07 Å². The van der Waals surface area contributed by atoms with Gasteiger partial charge in [0.05, 0.1) is 18.1 Å². The fourth-order valence-corrected chi connectivity index (χ4v) is 2.58. The molecule has 1 aliphatic rings. The predicted octanol–water partition coefficient (Wildman–Crippen LogP) is 2.70. The maximum absolute atomic E-state index is 12.7. The second-order valence-corrected chi connectivity index (χ2v) is 4.22. The maximum atomic E-state index is 12.7. The van der Waals surface area contributed by atoms with Gasteiger partial charge in [-0.05, 0) is 22.0 Å². The van der Waals surface area contributed by atoms with Crippen molar-refractivity contribution in [1.29, 1.82) is 0 Å². The minimum absolute atomic E-state index is 0.226. The summed E-state index contributed by atoms with van der Waals surface area (Å²) in [5.41, 5.74) is 0. The van der Waals surface area contributed by atoms with Gasteiger partial charge in [0.2, 0.25) is 0 Å². The first-order valence-corrected chi connectivity index (χ1v) is 5.06. The van der Waals surface area contributed by atoms with E-state index in [9.17, 15) is 4.39 Å². The molecule has 66 valence electrons. The molecule has 1 aromatic heterocycles. The lowest BCUT2D eigenvalue weighted by Crippen LogP contribution is -1.94. The molecule has 12 heavy (non-hydrogen) atoms. The zero-order valence-corrected chi connectivity index (χ0v) is 8.45. The van der Waals surface area contributed by atoms with Gasteiger partial charge in [0.1, 0.15) is 0 Å². The molecule has 1 fully saturated rings. The van der Waals surface area contributed by atoms with Gasteiger partial charge in [-0.25, -0.2) is 0 Å². The number of rotatable bonds is 1. The van der Waals surface area contributed by atoms with Gasteiger partial charge in [0.15, 0.2) is 11.4 Å². The van der Waals surface area contributed by atoms with Crippen molar-refractivity contribution in [1.82, 2.24) is 0 Å². The lowest BCUT2D eigenvalue weighted by Gasteiger charge is -2.05. The Bertz CT molecular complexity index is 283. The molecular formula is C7H6BrFO2S. The first kappa shape index (κ1) is 8.62. The zero-order chi connectivity index (χ0) is 8.55. The second-order valence-electron chi connectivity index (χ2n) is 2.34. The normalized spacial score (nSPS) is 18.8. The lowest BCUT2D eigenvalue weighted by atomic mass is 10.4. The Kier molecular flexibility index (Phi) is 2.45. The Morgan fingerprint density at radius 2 is 2.17 bits per heavy atom. The second kappa shape index (κ2) is 3.41. The molecule has 0 amide bonds. The van der Waals surface area contributed by atoms with Crippen LogP contribution >= 0.6 is 27.3 Å². The van der Waals surface area contributed by atoms with Gasteiger partial charge in [0.25, 0.3) is 0 Å². The molecule has 2 heterocycles. The van der Waals surface area contributed by atoms with Crippen LogP contribution < -0.4 is 0 Å². The third-order valence-corrected chi connectivity index (χ3v) is 3.38. The monoisotopic (exact) mass is 252 g/mol. The van der Waals surface area contributed by atoms with Crippen molar-refractivity contribution < 1.29 is 13.9 Å². The maximum Gasteiger partial charge on any atom is 0.194 e. The highest BCUT2D eigenvalue weighted by Gasteiger charge is 2.23. The molecule has 2 nitrogen and oxygen atoms in total. The fourth-order valence-electron chi connectivity index (χ4n) is 1.02. The lowest BCUT2D eigenvalue weighted by molar-refractivity contribution is -0.0418. The predicted molar refractivity (Wildman–Crippen MR) is 46.6 cm³/mol. The Labute approximate surface area is 81.4 Å². The summed E-state index contributed by atoms with van der Waals surface area (Å²) < 4.78 is 23.9. The summed E-state index contributed by atoms with van der Waals surface area (Å²) in [6, 6.07) is 1.42. The quantitative estimate of drug-likeness (QED) is 0.766. The van der Waals surface area contributed by atoms with Crippen LogP contribution in [0.2, 0.25) is 0 Å². The van der Waals surface area contributed by atoms with E-state index in [0.29, 0.717) is 13.2 Å². The van der Waals surface area contributed by atoms with Gasteiger partial charge in [-0.15, -0.1) is 11.3 Å². The van der Waals surface area contributed by atoms with Gasteiger partial charge in [0, 0.05) is 4.47 Å². The topological polar surface area (TPSA) is 18.5 Å². The summed E-state index contributed by atoms with van der Waals surface area (Å²) in [4.78, 5) is 0.769. The molecule has 0 N–H and O–H groups in total. The molecule has 1 saturated heterocycles. The molecule has 0 saturated carbocycles. The zero-order valence-electron chi connectivity index (χ0n) is 6.05. The number of ether oxygens (including phenoxy) is 2. The van der Waals surface area contributed by atoms with Crippen LogP contribution in [-0.2, 0) is 9.47 Å². The molecule has 1 aromatic rings. The van der Waals surface area contributed by atoms with E-state index in [-0.39, 0.29) is 11.4 Å². The highest BCUT2D eigenvalue weighted by Crippen LogP contribution is 2.35. The smallest absolute Gasteiger partial charge is 0.194 e. The summed E-state index contributed by atoms with van der Waals surface area (Å²) in [7, 11) is 0. The van der Waals surface area contributed by atoms with Crippen LogP contribution in [0.4, 0.5) is 4.39 Å². The van der Waals surface area contributed by atoms with Crippen molar-refractivity contribution in [2.75, 3.05) is 13.2 Å². The van der Waals surface area contributed by atoms with Crippen molar-refractivity contribution in [3.8, 4) is 0 Å². The molecular weight excluding hydrogens is 247 g/mol. The van der Waals surface area contributed by atoms with Gasteiger partial charge in [-0.3, -0.25) is 0 Å². The summed E-state index contributed by atoms with van der Waals surface area (Å²) >= 11 is 4.29. The van der Waals surface area contributed by atoms with E-state index in [1.54, 1.807) is 0 Å². The first-order valence-electron chi connectivity index (χ1n) is 3.45. The third kappa shape index (κ3) is 1.54. The Hall–Kier alpha value is 0.0300. The standard InChI is InChI=1S/C7H6BrFO2S/c8-4-3-5(9)12-6(4)7-10-1-2-11-7/h3,7H,1-2H2. The van der Waals surface area contributed by atoms with Crippen molar-refractivity contribution in [2.24, 2.45) is 0 Å². The van der Waals surface area contributed by atoms with Gasteiger partial charge in [-0.1, -0.05) is 0 Å². The molecule has 0 aromatic carbocycles. The first-order chi connectivity index (χ1) is 5.77.